The fraction of sp³-hybridized carbons (Fsp3) is 0.154. The summed E-state index contributed by atoms with van der Waals surface area (Å²) in [5.41, 5.74) is 2.90. The van der Waals surface area contributed by atoms with Gasteiger partial charge in [-0.2, -0.15) is 0 Å². The Morgan fingerprint density at radius 2 is 1.64 bits per heavy atom. The van der Waals surface area contributed by atoms with E-state index in [1.807, 2.05) is 53.4 Å². The molecule has 4 rings (SSSR count). The number of ketones is 1. The minimum atomic E-state index is -0.527. The second-order valence-electron chi connectivity index (χ2n) is 7.51. The van der Waals surface area contributed by atoms with Gasteiger partial charge >= 0.3 is 5.97 Å². The van der Waals surface area contributed by atoms with Crippen LogP contribution in [-0.4, -0.2) is 29.9 Å². The summed E-state index contributed by atoms with van der Waals surface area (Å²) in [5.74, 6) is -0.609. The molecule has 1 heterocycles. The van der Waals surface area contributed by atoms with Crippen molar-refractivity contribution in [2.75, 3.05) is 18.1 Å². The van der Waals surface area contributed by atoms with Gasteiger partial charge < -0.3 is 14.6 Å². The zero-order valence-corrected chi connectivity index (χ0v) is 19.5. The first-order chi connectivity index (χ1) is 16.0. The van der Waals surface area contributed by atoms with E-state index in [1.54, 1.807) is 31.2 Å². The largest absolute Gasteiger partial charge is 0.461 e. The zero-order valence-electron chi connectivity index (χ0n) is 18.0. The number of hydrogen-bond acceptors (Lipinski definition) is 4. The molecule has 1 N–H and O–H groups in total. The average Bonchev–Trinajstić information content (AvgIpc) is 3.20. The number of benzene rings is 3. The normalized spacial score (nSPS) is 10.9. The van der Waals surface area contributed by atoms with E-state index < -0.39 is 5.97 Å². The van der Waals surface area contributed by atoms with Crippen LogP contribution in [0, 0.1) is 0 Å². The van der Waals surface area contributed by atoms with Crippen molar-refractivity contribution in [3.8, 4) is 0 Å². The number of anilines is 1. The maximum Gasteiger partial charge on any atom is 0.356 e. The Morgan fingerprint density at radius 3 is 2.30 bits per heavy atom. The van der Waals surface area contributed by atoms with Crippen LogP contribution in [0.1, 0.15) is 33.3 Å². The summed E-state index contributed by atoms with van der Waals surface area (Å²) in [6.07, 6.45) is 0. The van der Waals surface area contributed by atoms with E-state index in [9.17, 15) is 9.59 Å². The standard InChI is InChI=1S/C26H22Cl2N2O3/c1-2-33-26(32)24-25(23-20(28)13-19(27)14-21(23)29-24)30(15-17-9-5-3-6-10-17)16-22(31)18-11-7-4-8-12-18/h3-14,29H,2,15-16H2,1H3. The van der Waals surface area contributed by atoms with Gasteiger partial charge in [0.05, 0.1) is 29.4 Å². The topological polar surface area (TPSA) is 62.4 Å². The number of aromatic nitrogens is 1. The highest BCUT2D eigenvalue weighted by molar-refractivity contribution is 6.40. The summed E-state index contributed by atoms with van der Waals surface area (Å²) in [6.45, 7) is 2.38. The molecule has 0 atom stereocenters. The maximum absolute atomic E-state index is 13.2. The number of ether oxygens (including phenoxy) is 1. The molecule has 5 nitrogen and oxygen atoms in total. The Bertz CT molecular complexity index is 1290. The average molecular weight is 481 g/mol. The lowest BCUT2D eigenvalue weighted by molar-refractivity contribution is 0.0521. The van der Waals surface area contributed by atoms with Crippen LogP contribution in [0.5, 0.6) is 0 Å². The van der Waals surface area contributed by atoms with E-state index in [-0.39, 0.29) is 24.6 Å². The minimum Gasteiger partial charge on any atom is -0.461 e. The highest BCUT2D eigenvalue weighted by atomic mass is 35.5. The number of hydrogen-bond donors (Lipinski definition) is 1. The minimum absolute atomic E-state index is 0.0389. The molecule has 0 spiro atoms. The van der Waals surface area contributed by atoms with Gasteiger partial charge in [-0.15, -0.1) is 0 Å². The van der Waals surface area contributed by atoms with E-state index in [4.69, 9.17) is 27.9 Å². The number of H-pyrrole nitrogens is 1. The Balaban J connectivity index is 1.87. The molecule has 168 valence electrons. The smallest absolute Gasteiger partial charge is 0.356 e. The van der Waals surface area contributed by atoms with Crippen LogP contribution < -0.4 is 4.90 Å². The van der Waals surface area contributed by atoms with Gasteiger partial charge in [-0.05, 0) is 24.6 Å². The molecule has 0 amide bonds. The van der Waals surface area contributed by atoms with Crippen LogP contribution in [0.2, 0.25) is 10.0 Å². The number of carbonyl (C=O) groups excluding carboxylic acids is 2. The summed E-state index contributed by atoms with van der Waals surface area (Å²) < 4.78 is 5.30. The fourth-order valence-corrected chi connectivity index (χ4v) is 4.39. The third-order valence-corrected chi connectivity index (χ3v) is 5.75. The van der Waals surface area contributed by atoms with Gasteiger partial charge in [-0.25, -0.2) is 4.79 Å². The van der Waals surface area contributed by atoms with E-state index in [0.717, 1.165) is 5.56 Å². The number of nitrogens with zero attached hydrogens (tertiary/aromatic N) is 1. The molecule has 0 saturated heterocycles. The molecule has 0 aliphatic heterocycles. The number of carbonyl (C=O) groups is 2. The van der Waals surface area contributed by atoms with Crippen molar-refractivity contribution in [3.05, 3.63) is 99.7 Å². The number of esters is 1. The first-order valence-corrected chi connectivity index (χ1v) is 11.3. The lowest BCUT2D eigenvalue weighted by Gasteiger charge is -2.25. The van der Waals surface area contributed by atoms with Gasteiger partial charge in [0.2, 0.25) is 0 Å². The van der Waals surface area contributed by atoms with Crippen LogP contribution in [-0.2, 0) is 11.3 Å². The number of fused-ring (bicyclic) bond motifs is 1. The fourth-order valence-electron chi connectivity index (χ4n) is 3.81. The number of nitrogens with one attached hydrogen (secondary N) is 1. The van der Waals surface area contributed by atoms with E-state index in [2.05, 4.69) is 4.98 Å². The summed E-state index contributed by atoms with van der Waals surface area (Å²) in [4.78, 5) is 31.1. The quantitative estimate of drug-likeness (QED) is 0.229. The molecule has 0 aliphatic carbocycles. The Morgan fingerprint density at radius 1 is 0.970 bits per heavy atom. The van der Waals surface area contributed by atoms with Crippen molar-refractivity contribution in [2.24, 2.45) is 0 Å². The van der Waals surface area contributed by atoms with Crippen molar-refractivity contribution < 1.29 is 14.3 Å². The SMILES string of the molecule is CCOC(=O)c1[nH]c2cc(Cl)cc(Cl)c2c1N(CC(=O)c1ccccc1)Cc1ccccc1. The third kappa shape index (κ3) is 5.05. The van der Waals surface area contributed by atoms with Gasteiger partial charge in [-0.3, -0.25) is 4.79 Å². The molecule has 0 radical (unpaired) electrons. The number of halogens is 2. The third-order valence-electron chi connectivity index (χ3n) is 5.23. The van der Waals surface area contributed by atoms with E-state index in [0.29, 0.717) is 38.7 Å². The maximum atomic E-state index is 13.2. The lowest BCUT2D eigenvalue weighted by Crippen LogP contribution is -2.31. The molecule has 0 aliphatic rings. The van der Waals surface area contributed by atoms with E-state index in [1.165, 1.54) is 0 Å². The van der Waals surface area contributed by atoms with Gasteiger partial charge in [0, 0.05) is 22.5 Å². The van der Waals surface area contributed by atoms with E-state index >= 15 is 0 Å². The molecular weight excluding hydrogens is 459 g/mol. The molecule has 4 aromatic rings. The summed E-state index contributed by atoms with van der Waals surface area (Å²) >= 11 is 12.8. The number of Topliss-reactive ketones (excluding diaryl/α,β-unsaturated/α-hetero) is 1. The molecule has 7 heteroatoms. The van der Waals surface area contributed by atoms with Crippen molar-refractivity contribution in [2.45, 2.75) is 13.5 Å². The van der Waals surface area contributed by atoms with Crippen LogP contribution in [0.25, 0.3) is 10.9 Å². The molecule has 1 aromatic heterocycles. The van der Waals surface area contributed by atoms with Crippen LogP contribution in [0.15, 0.2) is 72.8 Å². The van der Waals surface area contributed by atoms with Crippen molar-refractivity contribution in [1.82, 2.24) is 4.98 Å². The second-order valence-corrected chi connectivity index (χ2v) is 8.35. The Kier molecular flexibility index (Phi) is 7.02. The Labute approximate surface area is 201 Å². The molecule has 0 unspecified atom stereocenters. The van der Waals surface area contributed by atoms with Crippen molar-refractivity contribution >= 4 is 51.5 Å². The van der Waals surface area contributed by atoms with Crippen LogP contribution in [0.4, 0.5) is 5.69 Å². The van der Waals surface area contributed by atoms with Gasteiger partial charge in [0.25, 0.3) is 0 Å². The molecule has 0 fully saturated rings. The van der Waals surface area contributed by atoms with Crippen molar-refractivity contribution in [3.63, 3.8) is 0 Å². The Hall–Kier alpha value is -3.28. The van der Waals surface area contributed by atoms with Crippen molar-refractivity contribution in [1.29, 1.82) is 0 Å². The van der Waals surface area contributed by atoms with Gasteiger partial charge in [-0.1, -0.05) is 83.9 Å². The van der Waals surface area contributed by atoms with Crippen LogP contribution >= 0.6 is 23.2 Å². The van der Waals surface area contributed by atoms with Gasteiger partial charge in [0.1, 0.15) is 5.69 Å². The monoisotopic (exact) mass is 480 g/mol. The highest BCUT2D eigenvalue weighted by Crippen LogP contribution is 2.39. The number of rotatable bonds is 8. The van der Waals surface area contributed by atoms with Crippen LogP contribution in [0.3, 0.4) is 0 Å². The number of aromatic amines is 1. The second kappa shape index (κ2) is 10.1. The zero-order chi connectivity index (χ0) is 23.4. The highest BCUT2D eigenvalue weighted by Gasteiger charge is 2.27. The predicted molar refractivity (Wildman–Crippen MR) is 133 cm³/mol. The first kappa shape index (κ1) is 22.9. The molecular formula is C26H22Cl2N2O3. The lowest BCUT2D eigenvalue weighted by atomic mass is 10.1. The summed E-state index contributed by atoms with van der Waals surface area (Å²) in [6, 6.07) is 22.1. The molecule has 33 heavy (non-hydrogen) atoms. The summed E-state index contributed by atoms with van der Waals surface area (Å²) in [7, 11) is 0. The molecule has 3 aromatic carbocycles. The predicted octanol–water partition coefficient (Wildman–Crippen LogP) is 6.54. The van der Waals surface area contributed by atoms with Gasteiger partial charge in [0.15, 0.2) is 5.78 Å². The molecule has 0 saturated carbocycles. The summed E-state index contributed by atoms with van der Waals surface area (Å²) in [5, 5.41) is 1.43. The first-order valence-electron chi connectivity index (χ1n) is 10.5. The molecule has 0 bridgehead atoms.